The molecular weight excluding hydrogens is 260 g/mol. The Morgan fingerprint density at radius 3 is 2.24 bits per heavy atom. The molecule has 1 amide bonds. The quantitative estimate of drug-likeness (QED) is 0.582. The van der Waals surface area contributed by atoms with E-state index in [0.29, 0.717) is 6.04 Å². The van der Waals surface area contributed by atoms with Crippen LogP contribution in [0.25, 0.3) is 0 Å². The van der Waals surface area contributed by atoms with Crippen LogP contribution in [0.15, 0.2) is 0 Å². The molecule has 0 aromatic carbocycles. The number of hydrogen-bond acceptors (Lipinski definition) is 2. The topological polar surface area (TPSA) is 32.3 Å². The van der Waals surface area contributed by atoms with E-state index >= 15 is 0 Å². The molecule has 3 nitrogen and oxygen atoms in total. The number of rotatable bonds is 11. The molecule has 0 aromatic heterocycles. The van der Waals surface area contributed by atoms with E-state index in [0.717, 1.165) is 38.8 Å². The Balaban J connectivity index is 2.00. The van der Waals surface area contributed by atoms with Crippen molar-refractivity contribution in [3.63, 3.8) is 0 Å². The van der Waals surface area contributed by atoms with Crippen molar-refractivity contribution in [1.29, 1.82) is 0 Å². The molecule has 0 atom stereocenters. The zero-order valence-corrected chi connectivity index (χ0v) is 14.3. The molecule has 1 aliphatic heterocycles. The molecule has 0 bridgehead atoms. The summed E-state index contributed by atoms with van der Waals surface area (Å²) in [6.07, 6.45) is 13.1. The van der Waals surface area contributed by atoms with Crippen molar-refractivity contribution in [1.82, 2.24) is 10.2 Å². The van der Waals surface area contributed by atoms with Gasteiger partial charge in [-0.3, -0.25) is 4.79 Å². The Hall–Kier alpha value is -0.570. The summed E-state index contributed by atoms with van der Waals surface area (Å²) in [5, 5.41) is 3.23. The highest BCUT2D eigenvalue weighted by atomic mass is 16.1. The van der Waals surface area contributed by atoms with E-state index in [4.69, 9.17) is 0 Å². The van der Waals surface area contributed by atoms with Crippen LogP contribution in [0.2, 0.25) is 0 Å². The summed E-state index contributed by atoms with van der Waals surface area (Å²) in [5.74, 6) is 0.275. The van der Waals surface area contributed by atoms with Crippen molar-refractivity contribution < 1.29 is 4.79 Å². The molecule has 1 rings (SSSR count). The van der Waals surface area contributed by atoms with Crippen LogP contribution in [0.3, 0.4) is 0 Å². The molecule has 0 radical (unpaired) electrons. The fraction of sp³-hybridized carbons (Fsp3) is 0.944. The average molecular weight is 296 g/mol. The molecule has 0 spiro atoms. The van der Waals surface area contributed by atoms with Crippen LogP contribution in [0.1, 0.15) is 84.5 Å². The van der Waals surface area contributed by atoms with Gasteiger partial charge < -0.3 is 10.2 Å². The molecular formula is C18H36N2O. The van der Waals surface area contributed by atoms with Crippen LogP contribution in [0.4, 0.5) is 0 Å². The number of piperidine rings is 1. The van der Waals surface area contributed by atoms with Gasteiger partial charge in [-0.1, -0.05) is 52.4 Å². The smallest absolute Gasteiger partial charge is 0.220 e. The summed E-state index contributed by atoms with van der Waals surface area (Å²) < 4.78 is 0. The third-order valence-corrected chi connectivity index (χ3v) is 4.54. The number of amides is 1. The second-order valence-electron chi connectivity index (χ2n) is 6.55. The lowest BCUT2D eigenvalue weighted by Crippen LogP contribution is -2.44. The first-order valence-corrected chi connectivity index (χ1v) is 9.28. The molecule has 1 N–H and O–H groups in total. The zero-order valence-electron chi connectivity index (χ0n) is 14.3. The molecule has 0 saturated carbocycles. The van der Waals surface area contributed by atoms with Gasteiger partial charge in [-0.05, 0) is 32.2 Å². The van der Waals surface area contributed by atoms with E-state index in [9.17, 15) is 4.79 Å². The molecule has 1 aliphatic rings. The number of carbonyl (C=O) groups is 1. The van der Waals surface area contributed by atoms with Gasteiger partial charge in [0.05, 0.1) is 0 Å². The molecule has 1 saturated heterocycles. The van der Waals surface area contributed by atoms with Crippen molar-refractivity contribution >= 4 is 5.91 Å². The van der Waals surface area contributed by atoms with Crippen LogP contribution < -0.4 is 5.32 Å². The minimum atomic E-state index is 0.275. The van der Waals surface area contributed by atoms with Crippen molar-refractivity contribution in [2.24, 2.45) is 0 Å². The van der Waals surface area contributed by atoms with Gasteiger partial charge in [-0.2, -0.15) is 0 Å². The molecule has 124 valence electrons. The summed E-state index contributed by atoms with van der Waals surface area (Å²) in [7, 11) is 0. The van der Waals surface area contributed by atoms with E-state index in [1.54, 1.807) is 0 Å². The second kappa shape index (κ2) is 12.0. The number of likely N-dealkylation sites (tertiary alicyclic amines) is 1. The van der Waals surface area contributed by atoms with Crippen LogP contribution in [0, 0.1) is 0 Å². The Kier molecular flexibility index (Phi) is 10.6. The van der Waals surface area contributed by atoms with Crippen LogP contribution in [0.5, 0.6) is 0 Å². The first kappa shape index (κ1) is 18.5. The zero-order chi connectivity index (χ0) is 15.3. The van der Waals surface area contributed by atoms with Crippen LogP contribution in [-0.2, 0) is 4.79 Å². The predicted molar refractivity (Wildman–Crippen MR) is 90.5 cm³/mol. The van der Waals surface area contributed by atoms with Crippen molar-refractivity contribution in [2.75, 3.05) is 19.6 Å². The number of carbonyl (C=O) groups excluding carboxylic acids is 1. The van der Waals surface area contributed by atoms with Gasteiger partial charge in [-0.15, -0.1) is 0 Å². The normalized spacial score (nSPS) is 17.0. The highest BCUT2D eigenvalue weighted by Crippen LogP contribution is 2.12. The molecule has 0 aromatic rings. The van der Waals surface area contributed by atoms with Crippen LogP contribution >= 0.6 is 0 Å². The Morgan fingerprint density at radius 2 is 1.57 bits per heavy atom. The maximum Gasteiger partial charge on any atom is 0.220 e. The van der Waals surface area contributed by atoms with E-state index in [1.807, 2.05) is 0 Å². The molecule has 0 aliphatic carbocycles. The fourth-order valence-corrected chi connectivity index (χ4v) is 3.05. The molecule has 1 heterocycles. The Bertz CT molecular complexity index is 260. The minimum Gasteiger partial charge on any atom is -0.353 e. The fourth-order valence-electron chi connectivity index (χ4n) is 3.05. The van der Waals surface area contributed by atoms with Gasteiger partial charge >= 0.3 is 0 Å². The number of unbranched alkanes of at least 4 members (excludes halogenated alkanes) is 6. The summed E-state index contributed by atoms with van der Waals surface area (Å²) in [5.41, 5.74) is 0. The number of hydrogen-bond donors (Lipinski definition) is 1. The minimum absolute atomic E-state index is 0.275. The molecule has 3 heteroatoms. The summed E-state index contributed by atoms with van der Waals surface area (Å²) in [6, 6.07) is 0.426. The largest absolute Gasteiger partial charge is 0.353 e. The van der Waals surface area contributed by atoms with Gasteiger partial charge in [0.25, 0.3) is 0 Å². The predicted octanol–water partition coefficient (Wildman–Crippen LogP) is 4.12. The third-order valence-electron chi connectivity index (χ3n) is 4.54. The standard InChI is InChI=1S/C18H36N2O/c1-3-5-7-8-9-10-11-18(21)19-17-12-15-20(16-13-17)14-6-4-2/h17H,3-16H2,1-2H3,(H,19,21). The molecule has 21 heavy (non-hydrogen) atoms. The van der Waals surface area contributed by atoms with Gasteiger partial charge in [-0.25, -0.2) is 0 Å². The number of nitrogens with one attached hydrogen (secondary N) is 1. The lowest BCUT2D eigenvalue weighted by Gasteiger charge is -2.32. The summed E-state index contributed by atoms with van der Waals surface area (Å²) in [6.45, 7) is 8.02. The van der Waals surface area contributed by atoms with E-state index in [2.05, 4.69) is 24.1 Å². The molecule has 1 fully saturated rings. The first-order chi connectivity index (χ1) is 10.3. The van der Waals surface area contributed by atoms with Gasteiger partial charge in [0.1, 0.15) is 0 Å². The number of nitrogens with zero attached hydrogens (tertiary/aromatic N) is 1. The highest BCUT2D eigenvalue weighted by Gasteiger charge is 2.19. The van der Waals surface area contributed by atoms with E-state index < -0.39 is 0 Å². The Labute approximate surface area is 131 Å². The second-order valence-corrected chi connectivity index (χ2v) is 6.55. The van der Waals surface area contributed by atoms with E-state index in [1.165, 1.54) is 51.5 Å². The average Bonchev–Trinajstić information content (AvgIpc) is 2.50. The van der Waals surface area contributed by atoms with Crippen LogP contribution in [-0.4, -0.2) is 36.5 Å². The van der Waals surface area contributed by atoms with E-state index in [-0.39, 0.29) is 5.91 Å². The lowest BCUT2D eigenvalue weighted by atomic mass is 10.0. The molecule has 0 unspecified atom stereocenters. The SMILES string of the molecule is CCCCCCCCC(=O)NC1CCN(CCCC)CC1. The maximum atomic E-state index is 11.9. The van der Waals surface area contributed by atoms with Gasteiger partial charge in [0, 0.05) is 25.6 Å². The van der Waals surface area contributed by atoms with Crippen molar-refractivity contribution in [2.45, 2.75) is 90.5 Å². The Morgan fingerprint density at radius 1 is 0.952 bits per heavy atom. The summed E-state index contributed by atoms with van der Waals surface area (Å²) >= 11 is 0. The summed E-state index contributed by atoms with van der Waals surface area (Å²) in [4.78, 5) is 14.5. The van der Waals surface area contributed by atoms with Gasteiger partial charge in [0.15, 0.2) is 0 Å². The highest BCUT2D eigenvalue weighted by molar-refractivity contribution is 5.76. The van der Waals surface area contributed by atoms with Crippen molar-refractivity contribution in [3.05, 3.63) is 0 Å². The lowest BCUT2D eigenvalue weighted by molar-refractivity contribution is -0.122. The third kappa shape index (κ3) is 9.13. The monoisotopic (exact) mass is 296 g/mol. The van der Waals surface area contributed by atoms with Crippen molar-refractivity contribution in [3.8, 4) is 0 Å². The van der Waals surface area contributed by atoms with Gasteiger partial charge in [0.2, 0.25) is 5.91 Å². The maximum absolute atomic E-state index is 11.9. The first-order valence-electron chi connectivity index (χ1n) is 9.28.